The van der Waals surface area contributed by atoms with E-state index in [-0.39, 0.29) is 10.9 Å². The molecule has 0 aliphatic heterocycles. The molecule has 3 heteroatoms. The average molecular weight is 312 g/mol. The van der Waals surface area contributed by atoms with Crippen LogP contribution < -0.4 is 0 Å². The number of benzene rings is 2. The molecule has 2 aromatic carbocycles. The highest BCUT2D eigenvalue weighted by molar-refractivity contribution is 8.14. The number of hydrogen-bond acceptors (Lipinski definition) is 3. The summed E-state index contributed by atoms with van der Waals surface area (Å²) in [5.74, 6) is 0.494. The van der Waals surface area contributed by atoms with Gasteiger partial charge in [-0.2, -0.15) is 0 Å². The first-order valence-electron chi connectivity index (χ1n) is 7.47. The zero-order valence-corrected chi connectivity index (χ0v) is 13.8. The van der Waals surface area contributed by atoms with E-state index in [1.807, 2.05) is 48.5 Å². The molecule has 0 fully saturated rings. The molecule has 0 heterocycles. The van der Waals surface area contributed by atoms with E-state index in [9.17, 15) is 9.59 Å². The fourth-order valence-electron chi connectivity index (χ4n) is 2.17. The molecule has 114 valence electrons. The van der Waals surface area contributed by atoms with Crippen LogP contribution in [0.5, 0.6) is 0 Å². The van der Waals surface area contributed by atoms with Gasteiger partial charge in [-0.3, -0.25) is 9.59 Å². The Hall–Kier alpha value is -1.87. The quantitative estimate of drug-likeness (QED) is 0.702. The minimum Gasteiger partial charge on any atom is -0.295 e. The minimum absolute atomic E-state index is 0.00871. The summed E-state index contributed by atoms with van der Waals surface area (Å²) in [6, 6.07) is 13.7. The summed E-state index contributed by atoms with van der Waals surface area (Å²) in [5, 5.41) is 2.19. The molecule has 22 heavy (non-hydrogen) atoms. The summed E-state index contributed by atoms with van der Waals surface area (Å²) >= 11 is 1.20. The number of Topliss-reactive ketones (excluding diaryl/α,β-unsaturated/α-hetero) is 1. The maximum Gasteiger partial charge on any atom is 0.219 e. The van der Waals surface area contributed by atoms with Gasteiger partial charge in [-0.25, -0.2) is 0 Å². The number of ketones is 1. The fourth-order valence-corrected chi connectivity index (χ4v) is 3.07. The van der Waals surface area contributed by atoms with E-state index in [1.54, 1.807) is 6.92 Å². The number of thioether (sulfide) groups is 1. The molecule has 0 atom stereocenters. The molecule has 0 unspecified atom stereocenters. The topological polar surface area (TPSA) is 34.1 Å². The average Bonchev–Trinajstić information content (AvgIpc) is 2.53. The van der Waals surface area contributed by atoms with Crippen molar-refractivity contribution in [2.45, 2.75) is 26.7 Å². The highest BCUT2D eigenvalue weighted by atomic mass is 32.2. The van der Waals surface area contributed by atoms with E-state index in [0.29, 0.717) is 11.3 Å². The predicted molar refractivity (Wildman–Crippen MR) is 94.4 cm³/mol. The Balaban J connectivity index is 2.08. The Morgan fingerprint density at radius 3 is 2.50 bits per heavy atom. The lowest BCUT2D eigenvalue weighted by molar-refractivity contribution is -0.113. The van der Waals surface area contributed by atoms with Crippen LogP contribution in [0, 0.1) is 0 Å². The van der Waals surface area contributed by atoms with Crippen molar-refractivity contribution in [2.75, 3.05) is 5.75 Å². The van der Waals surface area contributed by atoms with Crippen LogP contribution in [-0.4, -0.2) is 16.7 Å². The highest BCUT2D eigenvalue weighted by Crippen LogP contribution is 2.21. The van der Waals surface area contributed by atoms with Crippen LogP contribution in [0.4, 0.5) is 0 Å². The van der Waals surface area contributed by atoms with Crippen molar-refractivity contribution >= 4 is 33.4 Å². The fraction of sp³-hybridized carbons (Fsp3) is 0.263. The van der Waals surface area contributed by atoms with Gasteiger partial charge >= 0.3 is 0 Å². The number of carbonyl (C=O) groups excluding carboxylic acids is 2. The molecule has 0 saturated carbocycles. The van der Waals surface area contributed by atoms with Gasteiger partial charge in [0.2, 0.25) is 5.12 Å². The molecule has 2 rings (SSSR count). The molecular formula is C19H20O2S. The molecule has 0 bridgehead atoms. The van der Waals surface area contributed by atoms with Crippen molar-refractivity contribution < 1.29 is 9.59 Å². The Morgan fingerprint density at radius 1 is 1.09 bits per heavy atom. The van der Waals surface area contributed by atoms with Crippen molar-refractivity contribution in [3.05, 3.63) is 59.7 Å². The zero-order valence-electron chi connectivity index (χ0n) is 13.0. The van der Waals surface area contributed by atoms with Gasteiger partial charge in [0, 0.05) is 16.9 Å². The summed E-state index contributed by atoms with van der Waals surface area (Å²) < 4.78 is 0. The van der Waals surface area contributed by atoms with Crippen LogP contribution in [0.3, 0.4) is 0 Å². The second-order valence-corrected chi connectivity index (χ2v) is 6.16. The molecule has 0 spiro atoms. The van der Waals surface area contributed by atoms with Gasteiger partial charge in [0.15, 0.2) is 5.78 Å². The van der Waals surface area contributed by atoms with E-state index < -0.39 is 0 Å². The van der Waals surface area contributed by atoms with Crippen LogP contribution >= 0.6 is 11.8 Å². The van der Waals surface area contributed by atoms with Crippen molar-refractivity contribution in [3.8, 4) is 0 Å². The molecule has 0 radical (unpaired) electrons. The summed E-state index contributed by atoms with van der Waals surface area (Å²) in [6.07, 6.45) is 3.82. The SMILES string of the molecule is CCC/C=C(\CSC(=O)c1ccc2ccccc2c1)C(C)=O. The molecule has 0 amide bonds. The van der Waals surface area contributed by atoms with E-state index in [0.717, 1.165) is 29.2 Å². The third kappa shape index (κ3) is 4.31. The smallest absolute Gasteiger partial charge is 0.219 e. The van der Waals surface area contributed by atoms with Gasteiger partial charge in [-0.15, -0.1) is 0 Å². The first-order valence-corrected chi connectivity index (χ1v) is 8.46. The lowest BCUT2D eigenvalue weighted by Gasteiger charge is -2.05. The number of carbonyl (C=O) groups is 2. The lowest BCUT2D eigenvalue weighted by atomic mass is 10.1. The van der Waals surface area contributed by atoms with E-state index >= 15 is 0 Å². The molecule has 0 aliphatic carbocycles. The molecule has 0 aliphatic rings. The van der Waals surface area contributed by atoms with Gasteiger partial charge in [0.05, 0.1) is 0 Å². The van der Waals surface area contributed by atoms with E-state index in [4.69, 9.17) is 0 Å². The summed E-state index contributed by atoms with van der Waals surface area (Å²) in [5.41, 5.74) is 1.42. The second-order valence-electron chi connectivity index (χ2n) is 5.21. The maximum atomic E-state index is 12.3. The Labute approximate surface area is 135 Å². The van der Waals surface area contributed by atoms with Crippen LogP contribution in [0.15, 0.2) is 54.1 Å². The van der Waals surface area contributed by atoms with Crippen LogP contribution in [-0.2, 0) is 4.79 Å². The lowest BCUT2D eigenvalue weighted by Crippen LogP contribution is -2.03. The van der Waals surface area contributed by atoms with Crippen molar-refractivity contribution in [3.63, 3.8) is 0 Å². The molecule has 0 aromatic heterocycles. The number of fused-ring (bicyclic) bond motifs is 1. The zero-order chi connectivity index (χ0) is 15.9. The van der Waals surface area contributed by atoms with Gasteiger partial charge in [-0.1, -0.05) is 61.5 Å². The normalized spacial score (nSPS) is 11.6. The van der Waals surface area contributed by atoms with Crippen LogP contribution in [0.25, 0.3) is 10.8 Å². The number of allylic oxidation sites excluding steroid dienone is 1. The molecule has 0 saturated heterocycles. The Bertz CT molecular complexity index is 716. The highest BCUT2D eigenvalue weighted by Gasteiger charge is 2.11. The van der Waals surface area contributed by atoms with Gasteiger partial charge in [0.25, 0.3) is 0 Å². The first kappa shape index (κ1) is 16.5. The largest absolute Gasteiger partial charge is 0.295 e. The number of hydrogen-bond donors (Lipinski definition) is 0. The third-order valence-electron chi connectivity index (χ3n) is 3.48. The van der Waals surface area contributed by atoms with Crippen molar-refractivity contribution in [1.82, 2.24) is 0 Å². The first-order chi connectivity index (χ1) is 10.6. The van der Waals surface area contributed by atoms with Crippen LogP contribution in [0.1, 0.15) is 37.0 Å². The minimum atomic E-state index is 0.00871. The summed E-state index contributed by atoms with van der Waals surface area (Å²) in [4.78, 5) is 23.9. The molecule has 2 aromatic rings. The molecule has 0 N–H and O–H groups in total. The third-order valence-corrected chi connectivity index (χ3v) is 4.43. The van der Waals surface area contributed by atoms with Gasteiger partial charge in [-0.05, 0) is 36.2 Å². The second kappa shape index (κ2) is 7.95. The monoisotopic (exact) mass is 312 g/mol. The van der Waals surface area contributed by atoms with Crippen molar-refractivity contribution in [2.24, 2.45) is 0 Å². The van der Waals surface area contributed by atoms with E-state index in [2.05, 4.69) is 6.92 Å². The van der Waals surface area contributed by atoms with Crippen molar-refractivity contribution in [1.29, 1.82) is 0 Å². The van der Waals surface area contributed by atoms with Gasteiger partial charge < -0.3 is 0 Å². The molecular weight excluding hydrogens is 292 g/mol. The standard InChI is InChI=1S/C19H20O2S/c1-3-4-7-18(14(2)20)13-22-19(21)17-11-10-15-8-5-6-9-16(15)12-17/h5-12H,3-4,13H2,1-2H3/b18-7+. The maximum absolute atomic E-state index is 12.3. The van der Waals surface area contributed by atoms with E-state index in [1.165, 1.54) is 11.8 Å². The number of rotatable bonds is 6. The van der Waals surface area contributed by atoms with Crippen LogP contribution in [0.2, 0.25) is 0 Å². The number of unbranched alkanes of at least 4 members (excludes halogenated alkanes) is 1. The summed E-state index contributed by atoms with van der Waals surface area (Å²) in [6.45, 7) is 3.63. The summed E-state index contributed by atoms with van der Waals surface area (Å²) in [7, 11) is 0. The Morgan fingerprint density at radius 2 is 1.82 bits per heavy atom. The Kier molecular flexibility index (Phi) is 5.96. The predicted octanol–water partition coefficient (Wildman–Crippen LogP) is 5.03. The molecule has 2 nitrogen and oxygen atoms in total. The van der Waals surface area contributed by atoms with Gasteiger partial charge in [0.1, 0.15) is 0 Å².